The standard InChI is InChI=1S/C15H20N4.ClH/c1-12-10-19(8-7-16-12)11-14-9-17-18-15(14)13-5-3-2-4-6-13;/h2-6,9,12,16H,7-8,10-11H2,1H3,(H,17,18);1H. The van der Waals surface area contributed by atoms with Crippen LogP contribution in [0, 0.1) is 0 Å². The molecule has 2 N–H and O–H groups in total. The van der Waals surface area contributed by atoms with E-state index in [1.807, 2.05) is 12.3 Å². The van der Waals surface area contributed by atoms with Gasteiger partial charge >= 0.3 is 0 Å². The molecule has 3 rings (SSSR count). The van der Waals surface area contributed by atoms with Crippen LogP contribution in [0.2, 0.25) is 0 Å². The third kappa shape index (κ3) is 3.39. The molecule has 1 saturated heterocycles. The molecule has 2 aromatic rings. The molecule has 0 amide bonds. The van der Waals surface area contributed by atoms with Crippen LogP contribution >= 0.6 is 12.4 Å². The summed E-state index contributed by atoms with van der Waals surface area (Å²) in [5.41, 5.74) is 3.63. The average molecular weight is 293 g/mol. The van der Waals surface area contributed by atoms with E-state index in [4.69, 9.17) is 0 Å². The predicted octanol–water partition coefficient (Wildman–Crippen LogP) is 2.29. The van der Waals surface area contributed by atoms with Gasteiger partial charge in [0.25, 0.3) is 0 Å². The maximum absolute atomic E-state index is 4.22. The van der Waals surface area contributed by atoms with Crippen molar-refractivity contribution in [3.8, 4) is 11.3 Å². The molecule has 1 aliphatic heterocycles. The molecule has 0 spiro atoms. The average Bonchev–Trinajstić information content (AvgIpc) is 2.88. The Labute approximate surface area is 126 Å². The van der Waals surface area contributed by atoms with Crippen LogP contribution in [0.3, 0.4) is 0 Å². The van der Waals surface area contributed by atoms with Gasteiger partial charge in [-0.1, -0.05) is 30.3 Å². The first kappa shape index (κ1) is 15.0. The van der Waals surface area contributed by atoms with Gasteiger partial charge in [-0.15, -0.1) is 12.4 Å². The van der Waals surface area contributed by atoms with Gasteiger partial charge < -0.3 is 5.32 Å². The molecule has 1 aromatic heterocycles. The maximum atomic E-state index is 4.22. The number of aromatic amines is 1. The molecule has 1 aromatic carbocycles. The second-order valence-electron chi connectivity index (χ2n) is 5.23. The van der Waals surface area contributed by atoms with Crippen LogP contribution in [0.15, 0.2) is 36.5 Å². The van der Waals surface area contributed by atoms with Gasteiger partial charge in [-0.25, -0.2) is 0 Å². The molecule has 1 unspecified atom stereocenters. The Morgan fingerprint density at radius 1 is 1.30 bits per heavy atom. The zero-order valence-electron chi connectivity index (χ0n) is 11.7. The van der Waals surface area contributed by atoms with Crippen molar-refractivity contribution in [1.82, 2.24) is 20.4 Å². The lowest BCUT2D eigenvalue weighted by molar-refractivity contribution is 0.200. The molecule has 0 saturated carbocycles. The monoisotopic (exact) mass is 292 g/mol. The van der Waals surface area contributed by atoms with Crippen molar-refractivity contribution < 1.29 is 0 Å². The summed E-state index contributed by atoms with van der Waals surface area (Å²) in [6.07, 6.45) is 1.95. The minimum atomic E-state index is 0. The van der Waals surface area contributed by atoms with E-state index in [1.54, 1.807) is 0 Å². The highest BCUT2D eigenvalue weighted by Gasteiger charge is 2.17. The van der Waals surface area contributed by atoms with Gasteiger partial charge in [0.15, 0.2) is 0 Å². The molecule has 108 valence electrons. The molecule has 0 radical (unpaired) electrons. The summed E-state index contributed by atoms with van der Waals surface area (Å²) in [4.78, 5) is 2.48. The minimum absolute atomic E-state index is 0. The fourth-order valence-electron chi connectivity index (χ4n) is 2.68. The van der Waals surface area contributed by atoms with E-state index in [9.17, 15) is 0 Å². The SMILES string of the molecule is CC1CN(Cc2cn[nH]c2-c2ccccc2)CCN1.Cl. The number of nitrogens with one attached hydrogen (secondary N) is 2. The van der Waals surface area contributed by atoms with E-state index in [2.05, 4.69) is 51.6 Å². The highest BCUT2D eigenvalue weighted by molar-refractivity contribution is 5.85. The molecule has 20 heavy (non-hydrogen) atoms. The van der Waals surface area contributed by atoms with Gasteiger partial charge in [0, 0.05) is 37.8 Å². The van der Waals surface area contributed by atoms with Crippen molar-refractivity contribution in [3.63, 3.8) is 0 Å². The summed E-state index contributed by atoms with van der Waals surface area (Å²) in [5, 5.41) is 10.8. The smallest absolute Gasteiger partial charge is 0.0695 e. The van der Waals surface area contributed by atoms with Crippen molar-refractivity contribution in [2.24, 2.45) is 0 Å². The Bertz CT molecular complexity index is 526. The third-order valence-electron chi connectivity index (χ3n) is 3.63. The third-order valence-corrected chi connectivity index (χ3v) is 3.63. The summed E-state index contributed by atoms with van der Waals surface area (Å²) in [7, 11) is 0. The molecule has 4 nitrogen and oxygen atoms in total. The van der Waals surface area contributed by atoms with Crippen LogP contribution in [0.5, 0.6) is 0 Å². The molecule has 0 aliphatic carbocycles. The molecular formula is C15H21ClN4. The number of rotatable bonds is 3. The Kier molecular flexibility index (Phi) is 5.17. The Morgan fingerprint density at radius 2 is 2.10 bits per heavy atom. The van der Waals surface area contributed by atoms with Crippen molar-refractivity contribution in [3.05, 3.63) is 42.1 Å². The van der Waals surface area contributed by atoms with Gasteiger partial charge in [-0.2, -0.15) is 5.10 Å². The molecule has 1 fully saturated rings. The van der Waals surface area contributed by atoms with Crippen LogP contribution in [-0.2, 0) is 6.54 Å². The second-order valence-corrected chi connectivity index (χ2v) is 5.23. The van der Waals surface area contributed by atoms with Crippen LogP contribution in [-0.4, -0.2) is 40.8 Å². The lowest BCUT2D eigenvalue weighted by Gasteiger charge is -2.31. The topological polar surface area (TPSA) is 44.0 Å². The Balaban J connectivity index is 0.00000147. The van der Waals surface area contributed by atoms with Crippen LogP contribution in [0.25, 0.3) is 11.3 Å². The lowest BCUT2D eigenvalue weighted by atomic mass is 10.1. The van der Waals surface area contributed by atoms with E-state index in [0.29, 0.717) is 6.04 Å². The van der Waals surface area contributed by atoms with E-state index in [-0.39, 0.29) is 12.4 Å². The zero-order chi connectivity index (χ0) is 13.1. The first-order valence-electron chi connectivity index (χ1n) is 6.86. The number of hydrogen-bond donors (Lipinski definition) is 2. The van der Waals surface area contributed by atoms with Crippen molar-refractivity contribution in [2.75, 3.05) is 19.6 Å². The molecule has 1 aliphatic rings. The lowest BCUT2D eigenvalue weighted by Crippen LogP contribution is -2.48. The first-order chi connectivity index (χ1) is 9.33. The highest BCUT2D eigenvalue weighted by atomic mass is 35.5. The number of H-pyrrole nitrogens is 1. The number of aromatic nitrogens is 2. The minimum Gasteiger partial charge on any atom is -0.312 e. The molecule has 5 heteroatoms. The quantitative estimate of drug-likeness (QED) is 0.912. The summed E-state index contributed by atoms with van der Waals surface area (Å²) >= 11 is 0. The predicted molar refractivity (Wildman–Crippen MR) is 84.0 cm³/mol. The van der Waals surface area contributed by atoms with Gasteiger partial charge in [-0.3, -0.25) is 10.00 Å². The van der Waals surface area contributed by atoms with Crippen LogP contribution in [0.4, 0.5) is 0 Å². The fourth-order valence-corrected chi connectivity index (χ4v) is 2.68. The summed E-state index contributed by atoms with van der Waals surface area (Å²) in [6, 6.07) is 11.0. The van der Waals surface area contributed by atoms with Crippen LogP contribution in [0.1, 0.15) is 12.5 Å². The van der Waals surface area contributed by atoms with Gasteiger partial charge in [-0.05, 0) is 12.5 Å². The summed E-state index contributed by atoms with van der Waals surface area (Å²) < 4.78 is 0. The van der Waals surface area contributed by atoms with Crippen molar-refractivity contribution in [1.29, 1.82) is 0 Å². The van der Waals surface area contributed by atoms with E-state index in [1.165, 1.54) is 11.1 Å². The maximum Gasteiger partial charge on any atom is 0.0695 e. The van der Waals surface area contributed by atoms with Gasteiger partial charge in [0.1, 0.15) is 0 Å². The van der Waals surface area contributed by atoms with E-state index in [0.717, 1.165) is 31.9 Å². The number of benzene rings is 1. The molecular weight excluding hydrogens is 272 g/mol. The summed E-state index contributed by atoms with van der Waals surface area (Å²) in [5.74, 6) is 0. The summed E-state index contributed by atoms with van der Waals surface area (Å²) in [6.45, 7) is 6.47. The van der Waals surface area contributed by atoms with Crippen molar-refractivity contribution >= 4 is 12.4 Å². The highest BCUT2D eigenvalue weighted by Crippen LogP contribution is 2.22. The largest absolute Gasteiger partial charge is 0.312 e. The fraction of sp³-hybridized carbons (Fsp3) is 0.400. The van der Waals surface area contributed by atoms with Crippen LogP contribution < -0.4 is 5.32 Å². The number of nitrogens with zero attached hydrogens (tertiary/aromatic N) is 2. The van der Waals surface area contributed by atoms with Gasteiger partial charge in [0.05, 0.1) is 11.9 Å². The second kappa shape index (κ2) is 6.88. The number of piperazine rings is 1. The van der Waals surface area contributed by atoms with Crippen molar-refractivity contribution in [2.45, 2.75) is 19.5 Å². The zero-order valence-corrected chi connectivity index (χ0v) is 12.5. The van der Waals surface area contributed by atoms with E-state index < -0.39 is 0 Å². The number of hydrogen-bond acceptors (Lipinski definition) is 3. The normalized spacial score (nSPS) is 19.6. The molecule has 1 atom stereocenters. The molecule has 0 bridgehead atoms. The van der Waals surface area contributed by atoms with E-state index >= 15 is 0 Å². The Morgan fingerprint density at radius 3 is 2.85 bits per heavy atom. The number of halogens is 1. The first-order valence-corrected chi connectivity index (χ1v) is 6.86. The Hall–Kier alpha value is -1.36. The molecule has 2 heterocycles. The van der Waals surface area contributed by atoms with Gasteiger partial charge in [0.2, 0.25) is 0 Å².